The molecule has 0 bridgehead atoms. The van der Waals surface area contributed by atoms with Crippen molar-refractivity contribution >= 4 is 56.8 Å². The van der Waals surface area contributed by atoms with Crippen molar-refractivity contribution in [1.82, 2.24) is 5.32 Å². The molecule has 2 aromatic rings. The third kappa shape index (κ3) is 4.96. The highest BCUT2D eigenvalue weighted by atomic mass is 79.9. The quantitative estimate of drug-likeness (QED) is 0.648. The Balaban J connectivity index is 1.77. The molecule has 1 heterocycles. The van der Waals surface area contributed by atoms with Crippen LogP contribution in [0.25, 0.3) is 0 Å². The van der Waals surface area contributed by atoms with Gasteiger partial charge in [0.05, 0.1) is 33.1 Å². The highest BCUT2D eigenvalue weighted by molar-refractivity contribution is 9.10. The van der Waals surface area contributed by atoms with Crippen LogP contribution < -0.4 is 10.6 Å². The number of nitriles is 1. The van der Waals surface area contributed by atoms with E-state index in [1.807, 2.05) is 24.3 Å². The monoisotopic (exact) mass is 475 g/mol. The number of allylic oxidation sites excluding steroid dienone is 1. The first-order valence-electron chi connectivity index (χ1n) is 8.34. The predicted octanol–water partition coefficient (Wildman–Crippen LogP) is 4.81. The van der Waals surface area contributed by atoms with Gasteiger partial charge in [0.2, 0.25) is 11.8 Å². The number of carbonyl (C=O) groups is 2. The van der Waals surface area contributed by atoms with Crippen LogP contribution in [0.3, 0.4) is 0 Å². The fraction of sp³-hybridized carbons (Fsp3) is 0.150. The number of hydrogen-bond acceptors (Lipinski definition) is 4. The summed E-state index contributed by atoms with van der Waals surface area (Å²) in [6.45, 7) is 0. The van der Waals surface area contributed by atoms with E-state index in [0.29, 0.717) is 21.3 Å². The fourth-order valence-corrected chi connectivity index (χ4v) is 4.30. The molecule has 0 saturated carbocycles. The van der Waals surface area contributed by atoms with Crippen molar-refractivity contribution in [1.29, 1.82) is 5.26 Å². The van der Waals surface area contributed by atoms with E-state index in [-0.39, 0.29) is 29.9 Å². The summed E-state index contributed by atoms with van der Waals surface area (Å²) in [5.41, 5.74) is 1.84. The average Bonchev–Trinajstić information content (AvgIpc) is 2.67. The van der Waals surface area contributed by atoms with Crippen LogP contribution in [0.2, 0.25) is 5.02 Å². The van der Waals surface area contributed by atoms with Crippen molar-refractivity contribution in [3.05, 3.63) is 74.2 Å². The van der Waals surface area contributed by atoms with Crippen LogP contribution in [0.4, 0.5) is 5.69 Å². The normalized spacial score (nSPS) is 16.3. The SMILES string of the molecule is N#CC1=C(SCC(=O)Nc2ccccc2Cl)NC(=O)C[C@@H]1c1cccc(Br)c1. The molecule has 1 atom stereocenters. The van der Waals surface area contributed by atoms with E-state index in [1.165, 1.54) is 0 Å². The van der Waals surface area contributed by atoms with Crippen LogP contribution >= 0.6 is 39.3 Å². The Hall–Kier alpha value is -2.27. The summed E-state index contributed by atoms with van der Waals surface area (Å²) in [4.78, 5) is 24.5. The lowest BCUT2D eigenvalue weighted by Crippen LogP contribution is -2.31. The first-order valence-corrected chi connectivity index (χ1v) is 10.5. The van der Waals surface area contributed by atoms with Gasteiger partial charge in [-0.2, -0.15) is 5.26 Å². The Morgan fingerprint density at radius 1 is 1.32 bits per heavy atom. The van der Waals surface area contributed by atoms with Gasteiger partial charge in [-0.25, -0.2) is 0 Å². The first-order chi connectivity index (χ1) is 13.5. The molecule has 1 aliphatic rings. The highest BCUT2D eigenvalue weighted by Crippen LogP contribution is 2.36. The maximum absolute atomic E-state index is 12.3. The van der Waals surface area contributed by atoms with Gasteiger partial charge < -0.3 is 10.6 Å². The predicted molar refractivity (Wildman–Crippen MR) is 115 cm³/mol. The Labute approximate surface area is 180 Å². The maximum Gasteiger partial charge on any atom is 0.234 e. The molecule has 28 heavy (non-hydrogen) atoms. The lowest BCUT2D eigenvalue weighted by atomic mass is 9.87. The number of rotatable bonds is 5. The minimum atomic E-state index is -0.342. The van der Waals surface area contributed by atoms with Gasteiger partial charge in [0.15, 0.2) is 0 Å². The molecule has 142 valence electrons. The molecule has 0 unspecified atom stereocenters. The number of carbonyl (C=O) groups excluding carboxylic acids is 2. The average molecular weight is 477 g/mol. The lowest BCUT2D eigenvalue weighted by Gasteiger charge is -2.25. The van der Waals surface area contributed by atoms with Gasteiger partial charge >= 0.3 is 0 Å². The summed E-state index contributed by atoms with van der Waals surface area (Å²) in [5, 5.41) is 16.0. The van der Waals surface area contributed by atoms with Crippen molar-refractivity contribution < 1.29 is 9.59 Å². The Morgan fingerprint density at radius 3 is 2.82 bits per heavy atom. The molecule has 5 nitrogen and oxygen atoms in total. The van der Waals surface area contributed by atoms with Crippen molar-refractivity contribution in [2.24, 2.45) is 0 Å². The number of benzene rings is 2. The van der Waals surface area contributed by atoms with Crippen LogP contribution in [0, 0.1) is 11.3 Å². The van der Waals surface area contributed by atoms with Gasteiger partial charge in [-0.3, -0.25) is 9.59 Å². The number of halogens is 2. The smallest absolute Gasteiger partial charge is 0.234 e. The standard InChI is InChI=1S/C20H15BrClN3O2S/c21-13-5-3-4-12(8-13)14-9-18(26)25-20(15(14)10-23)28-11-19(27)24-17-7-2-1-6-16(17)22/h1-8,14H,9,11H2,(H,24,27)(H,25,26)/t14-/m1/s1. The summed E-state index contributed by atoms with van der Waals surface area (Å²) in [7, 11) is 0. The number of anilines is 1. The van der Waals surface area contributed by atoms with E-state index in [9.17, 15) is 14.9 Å². The molecule has 8 heteroatoms. The third-order valence-corrected chi connectivity index (χ3v) is 5.94. The second-order valence-electron chi connectivity index (χ2n) is 6.03. The van der Waals surface area contributed by atoms with Crippen molar-refractivity contribution in [3.63, 3.8) is 0 Å². The van der Waals surface area contributed by atoms with Gasteiger partial charge in [-0.05, 0) is 29.8 Å². The molecule has 0 radical (unpaired) electrons. The topological polar surface area (TPSA) is 82.0 Å². The zero-order valence-electron chi connectivity index (χ0n) is 14.5. The number of amides is 2. The molecule has 0 saturated heterocycles. The van der Waals surface area contributed by atoms with Crippen LogP contribution in [-0.2, 0) is 9.59 Å². The third-order valence-electron chi connectivity index (χ3n) is 4.10. The molecular formula is C20H15BrClN3O2S. The number of nitrogens with one attached hydrogen (secondary N) is 2. The minimum absolute atomic E-state index is 0.0389. The molecule has 0 fully saturated rings. The molecular weight excluding hydrogens is 462 g/mol. The van der Waals surface area contributed by atoms with Crippen molar-refractivity contribution in [2.45, 2.75) is 12.3 Å². The number of thioether (sulfide) groups is 1. The Morgan fingerprint density at radius 2 is 2.11 bits per heavy atom. The van der Waals surface area contributed by atoms with Crippen molar-refractivity contribution in [3.8, 4) is 6.07 Å². The van der Waals surface area contributed by atoms with E-state index in [4.69, 9.17) is 11.6 Å². The van der Waals surface area contributed by atoms with Gasteiger partial charge in [0.25, 0.3) is 0 Å². The first kappa shape index (κ1) is 20.5. The summed E-state index contributed by atoms with van der Waals surface area (Å²) >= 11 is 10.6. The Bertz CT molecular complexity index is 1000. The van der Waals surface area contributed by atoms with Gasteiger partial charge in [0, 0.05) is 16.8 Å². The van der Waals surface area contributed by atoms with Crippen LogP contribution in [0.15, 0.2) is 63.6 Å². The highest BCUT2D eigenvalue weighted by Gasteiger charge is 2.30. The summed E-state index contributed by atoms with van der Waals surface area (Å²) in [5.74, 6) is -0.762. The number of para-hydroxylation sites is 1. The van der Waals surface area contributed by atoms with E-state index < -0.39 is 0 Å². The molecule has 0 aromatic heterocycles. The summed E-state index contributed by atoms with van der Waals surface area (Å²) in [6.07, 6.45) is 0.190. The fourth-order valence-electron chi connectivity index (χ4n) is 2.83. The van der Waals surface area contributed by atoms with E-state index in [2.05, 4.69) is 32.6 Å². The van der Waals surface area contributed by atoms with Gasteiger partial charge in [0.1, 0.15) is 0 Å². The zero-order valence-corrected chi connectivity index (χ0v) is 17.7. The molecule has 2 amide bonds. The number of nitrogens with zero attached hydrogens (tertiary/aromatic N) is 1. The molecule has 1 aliphatic heterocycles. The van der Waals surface area contributed by atoms with E-state index >= 15 is 0 Å². The van der Waals surface area contributed by atoms with Crippen LogP contribution in [-0.4, -0.2) is 17.6 Å². The molecule has 0 aliphatic carbocycles. The van der Waals surface area contributed by atoms with E-state index in [0.717, 1.165) is 21.8 Å². The molecule has 2 N–H and O–H groups in total. The molecule has 2 aromatic carbocycles. The lowest BCUT2D eigenvalue weighted by molar-refractivity contribution is -0.121. The number of hydrogen-bond donors (Lipinski definition) is 2. The second kappa shape index (κ2) is 9.28. The van der Waals surface area contributed by atoms with Gasteiger partial charge in [-0.15, -0.1) is 0 Å². The largest absolute Gasteiger partial charge is 0.324 e. The van der Waals surface area contributed by atoms with Gasteiger partial charge in [-0.1, -0.05) is 63.6 Å². The molecule has 0 spiro atoms. The van der Waals surface area contributed by atoms with Crippen LogP contribution in [0.5, 0.6) is 0 Å². The minimum Gasteiger partial charge on any atom is -0.324 e. The maximum atomic E-state index is 12.3. The second-order valence-corrected chi connectivity index (χ2v) is 8.34. The zero-order chi connectivity index (χ0) is 20.1. The van der Waals surface area contributed by atoms with Crippen LogP contribution in [0.1, 0.15) is 17.9 Å². The molecule has 3 rings (SSSR count). The van der Waals surface area contributed by atoms with Crippen molar-refractivity contribution in [2.75, 3.05) is 11.1 Å². The van der Waals surface area contributed by atoms with E-state index in [1.54, 1.807) is 24.3 Å². The Kier molecular flexibility index (Phi) is 6.79. The summed E-state index contributed by atoms with van der Waals surface area (Å²) < 4.78 is 0.876. The summed E-state index contributed by atoms with van der Waals surface area (Å²) in [6, 6.07) is 16.7.